The first kappa shape index (κ1) is 15.0. The standard InChI is InChI=1S/C16H26O2/c1-12(2)15-9-8-13(3)16(11-15)18-10-6-5-7-14(4)17/h8-9,11-12,14,17H,5-7,10H2,1-4H3. The lowest BCUT2D eigenvalue weighted by molar-refractivity contribution is 0.177. The Kier molecular flexibility index (Phi) is 6.20. The minimum absolute atomic E-state index is 0.198. The van der Waals surface area contributed by atoms with Crippen molar-refractivity contribution in [3.05, 3.63) is 29.3 Å². The number of unbranched alkanes of at least 4 members (excludes halogenated alkanes) is 1. The Morgan fingerprint density at radius 2 is 1.89 bits per heavy atom. The summed E-state index contributed by atoms with van der Waals surface area (Å²) in [5.74, 6) is 1.53. The van der Waals surface area contributed by atoms with Crippen LogP contribution in [0.15, 0.2) is 18.2 Å². The molecule has 1 atom stereocenters. The van der Waals surface area contributed by atoms with Gasteiger partial charge < -0.3 is 9.84 Å². The first-order chi connectivity index (χ1) is 8.50. The van der Waals surface area contributed by atoms with Gasteiger partial charge in [-0.1, -0.05) is 26.0 Å². The SMILES string of the molecule is Cc1ccc(C(C)C)cc1OCCCCC(C)O. The van der Waals surface area contributed by atoms with Gasteiger partial charge >= 0.3 is 0 Å². The van der Waals surface area contributed by atoms with Crippen LogP contribution in [0.1, 0.15) is 57.1 Å². The van der Waals surface area contributed by atoms with Gasteiger partial charge in [0, 0.05) is 0 Å². The highest BCUT2D eigenvalue weighted by Crippen LogP contribution is 2.24. The molecular weight excluding hydrogens is 224 g/mol. The molecule has 0 aliphatic carbocycles. The van der Waals surface area contributed by atoms with Gasteiger partial charge in [-0.3, -0.25) is 0 Å². The molecule has 1 unspecified atom stereocenters. The summed E-state index contributed by atoms with van der Waals surface area (Å²) in [5.41, 5.74) is 2.51. The van der Waals surface area contributed by atoms with Crippen LogP contribution in [0.2, 0.25) is 0 Å². The van der Waals surface area contributed by atoms with Crippen molar-refractivity contribution in [2.45, 2.75) is 59.0 Å². The molecule has 0 fully saturated rings. The lowest BCUT2D eigenvalue weighted by Gasteiger charge is -2.13. The summed E-state index contributed by atoms with van der Waals surface area (Å²) in [4.78, 5) is 0. The third kappa shape index (κ3) is 5.09. The zero-order chi connectivity index (χ0) is 13.5. The Labute approximate surface area is 111 Å². The number of aliphatic hydroxyl groups is 1. The number of benzene rings is 1. The van der Waals surface area contributed by atoms with Gasteiger partial charge in [-0.25, -0.2) is 0 Å². The third-order valence-electron chi connectivity index (χ3n) is 3.15. The van der Waals surface area contributed by atoms with E-state index >= 15 is 0 Å². The topological polar surface area (TPSA) is 29.5 Å². The lowest BCUT2D eigenvalue weighted by atomic mass is 10.0. The summed E-state index contributed by atoms with van der Waals surface area (Å²) in [6.45, 7) is 9.02. The van der Waals surface area contributed by atoms with Gasteiger partial charge in [0.1, 0.15) is 5.75 Å². The van der Waals surface area contributed by atoms with E-state index in [2.05, 4.69) is 39.0 Å². The molecule has 2 nitrogen and oxygen atoms in total. The second kappa shape index (κ2) is 7.42. The summed E-state index contributed by atoms with van der Waals surface area (Å²) in [6.07, 6.45) is 2.67. The van der Waals surface area contributed by atoms with Crippen molar-refractivity contribution in [2.24, 2.45) is 0 Å². The fourth-order valence-electron chi connectivity index (χ4n) is 1.86. The van der Waals surface area contributed by atoms with E-state index in [9.17, 15) is 0 Å². The van der Waals surface area contributed by atoms with Crippen LogP contribution in [0, 0.1) is 6.92 Å². The average molecular weight is 250 g/mol. The summed E-state index contributed by atoms with van der Waals surface area (Å²) >= 11 is 0. The van der Waals surface area contributed by atoms with Gasteiger partial charge in [-0.2, -0.15) is 0 Å². The highest BCUT2D eigenvalue weighted by atomic mass is 16.5. The summed E-state index contributed by atoms with van der Waals surface area (Å²) < 4.78 is 5.83. The van der Waals surface area contributed by atoms with Gasteiger partial charge in [0.25, 0.3) is 0 Å². The molecule has 1 aromatic rings. The zero-order valence-corrected chi connectivity index (χ0v) is 12.1. The van der Waals surface area contributed by atoms with Crippen molar-refractivity contribution < 1.29 is 9.84 Å². The van der Waals surface area contributed by atoms with E-state index in [1.54, 1.807) is 0 Å². The minimum Gasteiger partial charge on any atom is -0.493 e. The predicted molar refractivity (Wildman–Crippen MR) is 76.3 cm³/mol. The largest absolute Gasteiger partial charge is 0.493 e. The fraction of sp³-hybridized carbons (Fsp3) is 0.625. The van der Waals surface area contributed by atoms with Gasteiger partial charge in [0.15, 0.2) is 0 Å². The lowest BCUT2D eigenvalue weighted by Crippen LogP contribution is -2.03. The van der Waals surface area contributed by atoms with E-state index in [4.69, 9.17) is 9.84 Å². The molecule has 0 radical (unpaired) electrons. The van der Waals surface area contributed by atoms with Gasteiger partial charge in [0.2, 0.25) is 0 Å². The Bertz CT molecular complexity index is 356. The third-order valence-corrected chi connectivity index (χ3v) is 3.15. The van der Waals surface area contributed by atoms with Crippen molar-refractivity contribution in [3.63, 3.8) is 0 Å². The minimum atomic E-state index is -0.198. The average Bonchev–Trinajstić information content (AvgIpc) is 2.30. The van der Waals surface area contributed by atoms with Crippen molar-refractivity contribution in [1.82, 2.24) is 0 Å². The van der Waals surface area contributed by atoms with Crippen molar-refractivity contribution in [1.29, 1.82) is 0 Å². The maximum Gasteiger partial charge on any atom is 0.122 e. The molecule has 0 aliphatic heterocycles. The van der Waals surface area contributed by atoms with Crippen LogP contribution in [0.5, 0.6) is 5.75 Å². The molecule has 2 heteroatoms. The first-order valence-electron chi connectivity index (χ1n) is 6.92. The molecule has 0 bridgehead atoms. The molecule has 0 aliphatic rings. The van der Waals surface area contributed by atoms with Crippen molar-refractivity contribution in [2.75, 3.05) is 6.61 Å². The van der Waals surface area contributed by atoms with Crippen LogP contribution in [0.3, 0.4) is 0 Å². The number of aliphatic hydroxyl groups excluding tert-OH is 1. The number of hydrogen-bond donors (Lipinski definition) is 1. The number of aryl methyl sites for hydroxylation is 1. The van der Waals surface area contributed by atoms with E-state index in [1.807, 2.05) is 6.92 Å². The Morgan fingerprint density at radius 3 is 2.50 bits per heavy atom. The van der Waals surface area contributed by atoms with E-state index in [0.717, 1.165) is 31.6 Å². The van der Waals surface area contributed by atoms with Crippen LogP contribution in [-0.4, -0.2) is 17.8 Å². The van der Waals surface area contributed by atoms with Crippen LogP contribution < -0.4 is 4.74 Å². The molecule has 18 heavy (non-hydrogen) atoms. The Hall–Kier alpha value is -1.02. The molecule has 1 rings (SSSR count). The fourth-order valence-corrected chi connectivity index (χ4v) is 1.86. The summed E-state index contributed by atoms with van der Waals surface area (Å²) in [6, 6.07) is 6.44. The van der Waals surface area contributed by atoms with E-state index < -0.39 is 0 Å². The van der Waals surface area contributed by atoms with Gasteiger partial charge in [0.05, 0.1) is 12.7 Å². The highest BCUT2D eigenvalue weighted by Gasteiger charge is 2.04. The molecular formula is C16H26O2. The van der Waals surface area contributed by atoms with E-state index in [0.29, 0.717) is 5.92 Å². The smallest absolute Gasteiger partial charge is 0.122 e. The molecule has 0 saturated carbocycles. The normalized spacial score (nSPS) is 12.8. The van der Waals surface area contributed by atoms with Crippen molar-refractivity contribution in [3.8, 4) is 5.75 Å². The van der Waals surface area contributed by atoms with Crippen LogP contribution in [0.4, 0.5) is 0 Å². The second-order valence-electron chi connectivity index (χ2n) is 5.37. The molecule has 0 amide bonds. The Balaban J connectivity index is 2.43. The number of ether oxygens (including phenoxy) is 1. The maximum atomic E-state index is 9.17. The first-order valence-corrected chi connectivity index (χ1v) is 6.92. The van der Waals surface area contributed by atoms with Gasteiger partial charge in [-0.05, 0) is 56.2 Å². The summed E-state index contributed by atoms with van der Waals surface area (Å²) in [5, 5.41) is 9.17. The Morgan fingerprint density at radius 1 is 1.17 bits per heavy atom. The zero-order valence-electron chi connectivity index (χ0n) is 12.1. The second-order valence-corrected chi connectivity index (χ2v) is 5.37. The monoisotopic (exact) mass is 250 g/mol. The van der Waals surface area contributed by atoms with E-state index in [-0.39, 0.29) is 6.10 Å². The molecule has 0 aromatic heterocycles. The van der Waals surface area contributed by atoms with E-state index in [1.165, 1.54) is 11.1 Å². The molecule has 1 aromatic carbocycles. The van der Waals surface area contributed by atoms with Crippen LogP contribution in [0.25, 0.3) is 0 Å². The van der Waals surface area contributed by atoms with Crippen molar-refractivity contribution >= 4 is 0 Å². The molecule has 0 saturated heterocycles. The predicted octanol–water partition coefficient (Wildman–Crippen LogP) is 4.05. The van der Waals surface area contributed by atoms with Gasteiger partial charge in [-0.15, -0.1) is 0 Å². The highest BCUT2D eigenvalue weighted by molar-refractivity contribution is 5.37. The summed E-state index contributed by atoms with van der Waals surface area (Å²) in [7, 11) is 0. The number of hydrogen-bond acceptors (Lipinski definition) is 2. The molecule has 102 valence electrons. The maximum absolute atomic E-state index is 9.17. The molecule has 0 heterocycles. The number of rotatable bonds is 7. The molecule has 0 spiro atoms. The van der Waals surface area contributed by atoms with Crippen LogP contribution in [-0.2, 0) is 0 Å². The quantitative estimate of drug-likeness (QED) is 0.740. The molecule has 1 N–H and O–H groups in total. The van der Waals surface area contributed by atoms with Crippen LogP contribution >= 0.6 is 0 Å².